The molecule has 2 aliphatic heterocycles. The van der Waals surface area contributed by atoms with Crippen LogP contribution >= 0.6 is 0 Å². The molecule has 1 fully saturated rings. The van der Waals surface area contributed by atoms with Crippen molar-refractivity contribution in [2.45, 2.75) is 44.9 Å². The van der Waals surface area contributed by atoms with Crippen molar-refractivity contribution in [2.24, 2.45) is 0 Å². The molecule has 4 heterocycles. The Balaban J connectivity index is 1.53. The van der Waals surface area contributed by atoms with Crippen LogP contribution in [-0.4, -0.2) is 50.0 Å². The minimum atomic E-state index is -0.0890. The Morgan fingerprint density at radius 3 is 3.13 bits per heavy atom. The summed E-state index contributed by atoms with van der Waals surface area (Å²) in [6.07, 6.45) is 3.81. The SMILES string of the molecule is CC(C)c1ocnc1C(=O)N1CCC2C(C1)OCc1cnnn12. The van der Waals surface area contributed by atoms with Gasteiger partial charge in [-0.15, -0.1) is 5.10 Å². The monoisotopic (exact) mass is 317 g/mol. The number of carbonyl (C=O) groups is 1. The largest absolute Gasteiger partial charge is 0.447 e. The fraction of sp³-hybridized carbons (Fsp3) is 0.600. The Morgan fingerprint density at radius 2 is 2.30 bits per heavy atom. The van der Waals surface area contributed by atoms with E-state index in [1.165, 1.54) is 6.39 Å². The van der Waals surface area contributed by atoms with Crippen molar-refractivity contribution in [1.29, 1.82) is 0 Å². The molecule has 2 aliphatic rings. The predicted molar refractivity (Wildman–Crippen MR) is 78.7 cm³/mol. The maximum absolute atomic E-state index is 12.8. The summed E-state index contributed by atoms with van der Waals surface area (Å²) in [5, 5.41) is 8.10. The Morgan fingerprint density at radius 1 is 1.43 bits per heavy atom. The highest BCUT2D eigenvalue weighted by molar-refractivity contribution is 5.93. The zero-order chi connectivity index (χ0) is 16.0. The number of piperidine rings is 1. The zero-order valence-electron chi connectivity index (χ0n) is 13.2. The van der Waals surface area contributed by atoms with Gasteiger partial charge in [-0.25, -0.2) is 9.67 Å². The van der Waals surface area contributed by atoms with Crippen LogP contribution in [0.2, 0.25) is 0 Å². The fourth-order valence-corrected chi connectivity index (χ4v) is 3.35. The van der Waals surface area contributed by atoms with Crippen LogP contribution in [0.15, 0.2) is 17.0 Å². The lowest BCUT2D eigenvalue weighted by molar-refractivity contribution is -0.0628. The molecule has 1 saturated heterocycles. The van der Waals surface area contributed by atoms with Crippen LogP contribution in [0.5, 0.6) is 0 Å². The van der Waals surface area contributed by atoms with E-state index in [0.717, 1.165) is 12.1 Å². The van der Waals surface area contributed by atoms with E-state index in [1.807, 2.05) is 18.5 Å². The number of fused-ring (bicyclic) bond motifs is 3. The van der Waals surface area contributed by atoms with Gasteiger partial charge in [0.15, 0.2) is 12.1 Å². The van der Waals surface area contributed by atoms with Crippen LogP contribution in [-0.2, 0) is 11.3 Å². The lowest BCUT2D eigenvalue weighted by Gasteiger charge is -2.40. The summed E-state index contributed by atoms with van der Waals surface area (Å²) in [6, 6.07) is 0.146. The highest BCUT2D eigenvalue weighted by atomic mass is 16.5. The van der Waals surface area contributed by atoms with Gasteiger partial charge in [0, 0.05) is 19.0 Å². The Bertz CT molecular complexity index is 722. The molecule has 8 nitrogen and oxygen atoms in total. The van der Waals surface area contributed by atoms with Crippen molar-refractivity contribution < 1.29 is 13.9 Å². The van der Waals surface area contributed by atoms with E-state index in [0.29, 0.717) is 31.2 Å². The van der Waals surface area contributed by atoms with E-state index in [2.05, 4.69) is 15.3 Å². The molecular weight excluding hydrogens is 298 g/mol. The van der Waals surface area contributed by atoms with E-state index in [9.17, 15) is 4.79 Å². The Labute approximate surface area is 133 Å². The first kappa shape index (κ1) is 14.4. The highest BCUT2D eigenvalue weighted by Gasteiger charge is 2.38. The molecule has 2 atom stereocenters. The third-order valence-corrected chi connectivity index (χ3v) is 4.54. The first-order valence-electron chi connectivity index (χ1n) is 7.88. The molecule has 0 N–H and O–H groups in total. The second-order valence-electron chi connectivity index (χ2n) is 6.35. The van der Waals surface area contributed by atoms with Gasteiger partial charge in [0.1, 0.15) is 5.76 Å². The van der Waals surface area contributed by atoms with Crippen LogP contribution in [0, 0.1) is 0 Å². The number of ether oxygens (including phenoxy) is 1. The topological polar surface area (TPSA) is 86.3 Å². The molecule has 0 saturated carbocycles. The maximum atomic E-state index is 12.8. The van der Waals surface area contributed by atoms with Gasteiger partial charge in [0.05, 0.1) is 30.6 Å². The normalized spacial score (nSPS) is 23.7. The Kier molecular flexibility index (Phi) is 3.41. The van der Waals surface area contributed by atoms with Crippen molar-refractivity contribution in [3.05, 3.63) is 29.7 Å². The number of oxazole rings is 1. The second-order valence-corrected chi connectivity index (χ2v) is 6.35. The molecule has 1 amide bonds. The molecular formula is C15H19N5O3. The summed E-state index contributed by atoms with van der Waals surface area (Å²) in [6.45, 7) is 5.64. The molecule has 0 bridgehead atoms. The highest BCUT2D eigenvalue weighted by Crippen LogP contribution is 2.31. The van der Waals surface area contributed by atoms with Crippen LogP contribution in [0.4, 0.5) is 0 Å². The summed E-state index contributed by atoms with van der Waals surface area (Å²) in [4.78, 5) is 18.7. The van der Waals surface area contributed by atoms with Crippen LogP contribution in [0.1, 0.15) is 54.2 Å². The molecule has 4 rings (SSSR count). The van der Waals surface area contributed by atoms with Crippen molar-refractivity contribution in [3.63, 3.8) is 0 Å². The van der Waals surface area contributed by atoms with Gasteiger partial charge < -0.3 is 14.1 Å². The van der Waals surface area contributed by atoms with Gasteiger partial charge in [-0.1, -0.05) is 19.1 Å². The number of aromatic nitrogens is 4. The molecule has 2 aromatic rings. The van der Waals surface area contributed by atoms with E-state index in [4.69, 9.17) is 9.15 Å². The van der Waals surface area contributed by atoms with Gasteiger partial charge in [-0.3, -0.25) is 4.79 Å². The third-order valence-electron chi connectivity index (χ3n) is 4.54. The molecule has 8 heteroatoms. The number of hydrogen-bond donors (Lipinski definition) is 0. The van der Waals surface area contributed by atoms with Gasteiger partial charge in [0.2, 0.25) is 0 Å². The molecule has 0 radical (unpaired) electrons. The van der Waals surface area contributed by atoms with Gasteiger partial charge >= 0.3 is 0 Å². The summed E-state index contributed by atoms with van der Waals surface area (Å²) in [7, 11) is 0. The van der Waals surface area contributed by atoms with E-state index >= 15 is 0 Å². The number of likely N-dealkylation sites (tertiary alicyclic amines) is 1. The van der Waals surface area contributed by atoms with Crippen molar-refractivity contribution >= 4 is 5.91 Å². The lowest BCUT2D eigenvalue weighted by Crippen LogP contribution is -2.50. The maximum Gasteiger partial charge on any atom is 0.276 e. The molecule has 0 spiro atoms. The molecule has 23 heavy (non-hydrogen) atoms. The van der Waals surface area contributed by atoms with Crippen molar-refractivity contribution in [1.82, 2.24) is 24.9 Å². The Hall–Kier alpha value is -2.22. The number of nitrogens with zero attached hydrogens (tertiary/aromatic N) is 5. The summed E-state index contributed by atoms with van der Waals surface area (Å²) >= 11 is 0. The third kappa shape index (κ3) is 2.33. The fourth-order valence-electron chi connectivity index (χ4n) is 3.35. The van der Waals surface area contributed by atoms with Crippen molar-refractivity contribution in [2.75, 3.05) is 13.1 Å². The number of rotatable bonds is 2. The quantitative estimate of drug-likeness (QED) is 0.831. The molecule has 2 aromatic heterocycles. The average molecular weight is 317 g/mol. The van der Waals surface area contributed by atoms with Gasteiger partial charge in [0.25, 0.3) is 5.91 Å². The minimum absolute atomic E-state index is 0.0590. The standard InChI is InChI=1S/C15H19N5O3/c1-9(2)14-13(16-8-23-14)15(21)19-4-3-11-12(6-19)22-7-10-5-17-18-20(10)11/h5,8-9,11-12H,3-4,6-7H2,1-2H3. The second kappa shape index (κ2) is 5.45. The minimum Gasteiger partial charge on any atom is -0.447 e. The predicted octanol–water partition coefficient (Wildman–Crippen LogP) is 1.38. The molecule has 0 aromatic carbocycles. The van der Waals surface area contributed by atoms with Crippen LogP contribution < -0.4 is 0 Å². The summed E-state index contributed by atoms with van der Waals surface area (Å²) in [5.74, 6) is 0.673. The molecule has 2 unspecified atom stereocenters. The smallest absolute Gasteiger partial charge is 0.276 e. The number of carbonyl (C=O) groups excluding carboxylic acids is 1. The van der Waals surface area contributed by atoms with Gasteiger partial charge in [-0.05, 0) is 6.42 Å². The molecule has 122 valence electrons. The molecule has 0 aliphatic carbocycles. The van der Waals surface area contributed by atoms with E-state index < -0.39 is 0 Å². The van der Waals surface area contributed by atoms with Crippen molar-refractivity contribution in [3.8, 4) is 0 Å². The average Bonchev–Trinajstić information content (AvgIpc) is 3.22. The first-order valence-corrected chi connectivity index (χ1v) is 7.88. The lowest BCUT2D eigenvalue weighted by atomic mass is 9.99. The van der Waals surface area contributed by atoms with Gasteiger partial charge in [-0.2, -0.15) is 0 Å². The number of hydrogen-bond acceptors (Lipinski definition) is 6. The zero-order valence-corrected chi connectivity index (χ0v) is 13.2. The van der Waals surface area contributed by atoms with E-state index in [-0.39, 0.29) is 24.0 Å². The van der Waals surface area contributed by atoms with Crippen LogP contribution in [0.25, 0.3) is 0 Å². The summed E-state index contributed by atoms with van der Waals surface area (Å²) < 4.78 is 13.2. The summed E-state index contributed by atoms with van der Waals surface area (Å²) in [5.41, 5.74) is 1.40. The number of amides is 1. The first-order chi connectivity index (χ1) is 11.1. The van der Waals surface area contributed by atoms with Crippen LogP contribution in [0.3, 0.4) is 0 Å². The van der Waals surface area contributed by atoms with E-state index in [1.54, 1.807) is 11.1 Å².